The van der Waals surface area contributed by atoms with E-state index in [1.807, 2.05) is 12.1 Å². The van der Waals surface area contributed by atoms with E-state index in [0.717, 1.165) is 48.9 Å². The van der Waals surface area contributed by atoms with Gasteiger partial charge in [-0.05, 0) is 84.7 Å². The largest absolute Gasteiger partial charge is 2.00 e. The van der Waals surface area contributed by atoms with Crippen molar-refractivity contribution >= 4 is 24.4 Å². The van der Waals surface area contributed by atoms with E-state index in [0.29, 0.717) is 36.4 Å². The molecule has 0 aliphatic carbocycles. The molecule has 9 heteroatoms. The fourth-order valence-corrected chi connectivity index (χ4v) is 3.97. The maximum absolute atomic E-state index is 10.7. The van der Waals surface area contributed by atoms with Gasteiger partial charge in [0, 0.05) is 35.5 Å². The quantitative estimate of drug-likeness (QED) is 0.248. The molecule has 2 aromatic rings. The van der Waals surface area contributed by atoms with E-state index in [1.54, 1.807) is 12.4 Å². The standard InChI is InChI=1S/C30H44N2O2.2C2H4O2.Co/c1-9-21(7)23-13-25(29(33)27(15-23)19(3)4)17-31-11-12-32-18-26-14-24(22(8)10-2)16-28(20(5)6)30(26)34;2*1-2(3)4;/h13-22,33-34H,9-12H2,1-8H3;2*1H3,(H,3,4);/q;;;+2/p-2. The average Bonchev–Trinajstić information content (AvgIpc) is 2.90. The summed E-state index contributed by atoms with van der Waals surface area (Å²) >= 11 is 0. The number of phenolic OH excluding ortho intramolecular Hbond substituents is 2. The van der Waals surface area contributed by atoms with Crippen molar-refractivity contribution in [2.45, 2.75) is 106 Å². The second-order valence-electron chi connectivity index (χ2n) is 11.1. The van der Waals surface area contributed by atoms with Gasteiger partial charge in [-0.2, -0.15) is 0 Å². The van der Waals surface area contributed by atoms with Crippen LogP contribution in [0.25, 0.3) is 0 Å². The predicted molar refractivity (Wildman–Crippen MR) is 168 cm³/mol. The molecular formula is C34H50CoN2O6. The molecule has 0 amide bonds. The van der Waals surface area contributed by atoms with E-state index < -0.39 is 11.9 Å². The Bertz CT molecular complexity index is 1110. The normalized spacial score (nSPS) is 12.3. The van der Waals surface area contributed by atoms with Crippen LogP contribution >= 0.6 is 0 Å². The Kier molecular flexibility index (Phi) is 21.0. The van der Waals surface area contributed by atoms with Crippen molar-refractivity contribution in [1.82, 2.24) is 0 Å². The van der Waals surface area contributed by atoms with Gasteiger partial charge in [-0.3, -0.25) is 9.98 Å². The van der Waals surface area contributed by atoms with Crippen LogP contribution in [0.1, 0.15) is 139 Å². The number of hydrogen-bond donors (Lipinski definition) is 2. The maximum atomic E-state index is 10.7. The number of aromatic hydroxyl groups is 2. The molecule has 0 aromatic heterocycles. The number of phenols is 2. The Morgan fingerprint density at radius 2 is 0.977 bits per heavy atom. The Hall–Kier alpha value is -3.17. The number of hydrogen-bond acceptors (Lipinski definition) is 8. The second kappa shape index (κ2) is 21.5. The third-order valence-corrected chi connectivity index (χ3v) is 6.81. The van der Waals surface area contributed by atoms with Crippen molar-refractivity contribution in [2.24, 2.45) is 9.98 Å². The smallest absolute Gasteiger partial charge is 0.550 e. The fourth-order valence-electron chi connectivity index (χ4n) is 3.97. The van der Waals surface area contributed by atoms with E-state index in [4.69, 9.17) is 19.8 Å². The summed E-state index contributed by atoms with van der Waals surface area (Å²) in [5.41, 5.74) is 5.95. The number of carboxylic acid groups (broad SMARTS) is 2. The molecule has 2 N–H and O–H groups in total. The van der Waals surface area contributed by atoms with Gasteiger partial charge < -0.3 is 30.0 Å². The first kappa shape index (κ1) is 42.0. The summed E-state index contributed by atoms with van der Waals surface area (Å²) in [4.78, 5) is 26.8. The van der Waals surface area contributed by atoms with E-state index >= 15 is 0 Å². The van der Waals surface area contributed by atoms with E-state index in [2.05, 4.69) is 77.5 Å². The third kappa shape index (κ3) is 15.7. The van der Waals surface area contributed by atoms with Gasteiger partial charge in [0.25, 0.3) is 0 Å². The van der Waals surface area contributed by atoms with Crippen LogP contribution in [0, 0.1) is 0 Å². The molecule has 0 fully saturated rings. The summed E-state index contributed by atoms with van der Waals surface area (Å²) < 4.78 is 0. The van der Waals surface area contributed by atoms with Crippen LogP contribution in [0.4, 0.5) is 0 Å². The monoisotopic (exact) mass is 641 g/mol. The average molecular weight is 642 g/mol. The van der Waals surface area contributed by atoms with Gasteiger partial charge >= 0.3 is 16.8 Å². The molecule has 0 heterocycles. The SMILES string of the molecule is CC(=O)[O-].CC(=O)[O-].CCC(C)c1cc(C=NCCN=Cc2cc(C(C)CC)cc(C(C)C)c2O)c(O)c(C(C)C)c1.[Co+2]. The van der Waals surface area contributed by atoms with Gasteiger partial charge in [0.15, 0.2) is 0 Å². The third-order valence-electron chi connectivity index (χ3n) is 6.81. The molecule has 2 unspecified atom stereocenters. The Morgan fingerprint density at radius 1 is 0.698 bits per heavy atom. The van der Waals surface area contributed by atoms with Gasteiger partial charge in [-0.1, -0.05) is 67.5 Å². The molecule has 2 atom stereocenters. The van der Waals surface area contributed by atoms with Crippen molar-refractivity contribution in [3.63, 3.8) is 0 Å². The van der Waals surface area contributed by atoms with Gasteiger partial charge in [-0.25, -0.2) is 0 Å². The fraction of sp³-hybridized carbons (Fsp3) is 0.529. The van der Waals surface area contributed by atoms with Crippen molar-refractivity contribution in [3.05, 3.63) is 57.6 Å². The molecule has 2 aromatic carbocycles. The minimum absolute atomic E-state index is 0. The minimum Gasteiger partial charge on any atom is -0.550 e. The van der Waals surface area contributed by atoms with Crippen LogP contribution < -0.4 is 10.2 Å². The number of benzene rings is 2. The number of aliphatic imine (C=N–C) groups is 2. The van der Waals surface area contributed by atoms with Crippen LogP contribution in [-0.4, -0.2) is 47.7 Å². The molecule has 0 spiro atoms. The molecule has 0 aliphatic rings. The number of aliphatic carboxylic acids is 2. The molecule has 43 heavy (non-hydrogen) atoms. The molecule has 8 nitrogen and oxygen atoms in total. The van der Waals surface area contributed by atoms with Gasteiger partial charge in [-0.15, -0.1) is 0 Å². The van der Waals surface area contributed by atoms with E-state index in [9.17, 15) is 10.2 Å². The molecule has 0 saturated carbocycles. The van der Waals surface area contributed by atoms with Crippen LogP contribution in [0.3, 0.4) is 0 Å². The van der Waals surface area contributed by atoms with Crippen molar-refractivity contribution < 1.29 is 46.8 Å². The van der Waals surface area contributed by atoms with Gasteiger partial charge in [0.1, 0.15) is 11.5 Å². The summed E-state index contributed by atoms with van der Waals surface area (Å²) in [5.74, 6) is -0.163. The van der Waals surface area contributed by atoms with E-state index in [-0.39, 0.29) is 28.6 Å². The number of carbonyl (C=O) groups is 2. The summed E-state index contributed by atoms with van der Waals surface area (Å²) in [6.45, 7) is 20.2. The van der Waals surface area contributed by atoms with Crippen LogP contribution in [0.2, 0.25) is 0 Å². The molecule has 0 aliphatic heterocycles. The summed E-state index contributed by atoms with van der Waals surface area (Å²) in [5, 5.41) is 39.2. The molecular weight excluding hydrogens is 591 g/mol. The topological polar surface area (TPSA) is 145 Å². The number of carbonyl (C=O) groups excluding carboxylic acids is 2. The molecule has 0 bridgehead atoms. The van der Waals surface area contributed by atoms with Gasteiger partial charge in [0.2, 0.25) is 0 Å². The van der Waals surface area contributed by atoms with Crippen molar-refractivity contribution in [2.75, 3.05) is 13.1 Å². The number of carboxylic acids is 2. The minimum atomic E-state index is -1.08. The van der Waals surface area contributed by atoms with Crippen molar-refractivity contribution in [1.29, 1.82) is 0 Å². The Morgan fingerprint density at radius 3 is 1.21 bits per heavy atom. The zero-order chi connectivity index (χ0) is 32.6. The molecule has 0 saturated heterocycles. The molecule has 1 radical (unpaired) electrons. The number of nitrogens with zero attached hydrogens (tertiary/aromatic N) is 2. The first-order chi connectivity index (χ1) is 19.6. The maximum Gasteiger partial charge on any atom is 2.00 e. The van der Waals surface area contributed by atoms with Crippen LogP contribution in [0.5, 0.6) is 11.5 Å². The second-order valence-corrected chi connectivity index (χ2v) is 11.1. The molecule has 241 valence electrons. The Balaban J connectivity index is 0. The molecule has 2 rings (SSSR count). The van der Waals surface area contributed by atoms with E-state index in [1.165, 1.54) is 11.1 Å². The Labute approximate surface area is 268 Å². The summed E-state index contributed by atoms with van der Waals surface area (Å²) in [7, 11) is 0. The summed E-state index contributed by atoms with van der Waals surface area (Å²) in [6, 6.07) is 8.35. The van der Waals surface area contributed by atoms with Crippen LogP contribution in [-0.2, 0) is 26.4 Å². The summed E-state index contributed by atoms with van der Waals surface area (Å²) in [6.07, 6.45) is 5.63. The predicted octanol–water partition coefficient (Wildman–Crippen LogP) is 5.42. The first-order valence-corrected chi connectivity index (χ1v) is 14.6. The number of rotatable bonds is 11. The van der Waals surface area contributed by atoms with Crippen molar-refractivity contribution in [3.8, 4) is 11.5 Å². The van der Waals surface area contributed by atoms with Crippen LogP contribution in [0.15, 0.2) is 34.3 Å². The zero-order valence-corrected chi connectivity index (χ0v) is 28.4. The van der Waals surface area contributed by atoms with Gasteiger partial charge in [0.05, 0.1) is 13.1 Å². The zero-order valence-electron chi connectivity index (χ0n) is 27.4. The first-order valence-electron chi connectivity index (χ1n) is 14.6.